The average Bonchev–Trinajstić information content (AvgIpc) is 3.20. The maximum absolute atomic E-state index is 12.4. The lowest BCUT2D eigenvalue weighted by Gasteiger charge is -2.21. The van der Waals surface area contributed by atoms with Gasteiger partial charge in [0.1, 0.15) is 11.5 Å². The summed E-state index contributed by atoms with van der Waals surface area (Å²) in [6.07, 6.45) is 3.42. The quantitative estimate of drug-likeness (QED) is 0.756. The first-order valence-corrected chi connectivity index (χ1v) is 8.38. The molecular formula is C19H21N3O2. The fraction of sp³-hybridized carbons (Fsp3) is 0.316. The Balaban J connectivity index is 1.38. The number of nitrogens with one attached hydrogen (secondary N) is 2. The smallest absolute Gasteiger partial charge is 0.251 e. The summed E-state index contributed by atoms with van der Waals surface area (Å²) in [5.41, 5.74) is 7.01. The molecule has 0 radical (unpaired) electrons. The lowest BCUT2D eigenvalue weighted by Crippen LogP contribution is -2.42. The van der Waals surface area contributed by atoms with E-state index in [9.17, 15) is 4.79 Å². The van der Waals surface area contributed by atoms with Crippen LogP contribution in [0.4, 0.5) is 5.69 Å². The molecular weight excluding hydrogens is 302 g/mol. The van der Waals surface area contributed by atoms with E-state index >= 15 is 0 Å². The topological polar surface area (TPSA) is 76.4 Å². The molecule has 2 fully saturated rings. The molecule has 4 N–H and O–H groups in total. The molecule has 5 heteroatoms. The summed E-state index contributed by atoms with van der Waals surface area (Å²) in [4.78, 5) is 12.4. The number of benzene rings is 2. The van der Waals surface area contributed by atoms with Crippen molar-refractivity contribution in [2.75, 3.05) is 5.73 Å². The molecule has 24 heavy (non-hydrogen) atoms. The van der Waals surface area contributed by atoms with E-state index in [1.54, 1.807) is 24.3 Å². The maximum Gasteiger partial charge on any atom is 0.251 e. The third kappa shape index (κ3) is 3.08. The second-order valence-electron chi connectivity index (χ2n) is 6.56. The molecule has 0 aliphatic carbocycles. The van der Waals surface area contributed by atoms with E-state index in [1.807, 2.05) is 24.3 Å². The molecule has 2 aliphatic rings. The van der Waals surface area contributed by atoms with Crippen LogP contribution in [0.1, 0.15) is 29.6 Å². The Kier molecular flexibility index (Phi) is 3.86. The van der Waals surface area contributed by atoms with Crippen molar-refractivity contribution in [1.82, 2.24) is 10.6 Å². The van der Waals surface area contributed by atoms with Crippen LogP contribution in [0.3, 0.4) is 0 Å². The molecule has 2 saturated heterocycles. The summed E-state index contributed by atoms with van der Waals surface area (Å²) in [5, 5.41) is 6.68. The van der Waals surface area contributed by atoms with Crippen LogP contribution >= 0.6 is 0 Å². The largest absolute Gasteiger partial charge is 0.457 e. The van der Waals surface area contributed by atoms with Gasteiger partial charge >= 0.3 is 0 Å². The number of amides is 1. The Labute approximate surface area is 141 Å². The van der Waals surface area contributed by atoms with Crippen molar-refractivity contribution >= 4 is 11.6 Å². The number of nitrogens with two attached hydrogens (primary N) is 1. The molecule has 0 spiro atoms. The lowest BCUT2D eigenvalue weighted by molar-refractivity contribution is 0.0931. The van der Waals surface area contributed by atoms with Crippen molar-refractivity contribution in [3.8, 4) is 11.5 Å². The lowest BCUT2D eigenvalue weighted by atomic mass is 9.95. The van der Waals surface area contributed by atoms with Crippen LogP contribution in [0.2, 0.25) is 0 Å². The van der Waals surface area contributed by atoms with Gasteiger partial charge in [0.05, 0.1) is 0 Å². The van der Waals surface area contributed by atoms with Gasteiger partial charge in [-0.05, 0) is 67.8 Å². The van der Waals surface area contributed by atoms with E-state index in [2.05, 4.69) is 10.6 Å². The van der Waals surface area contributed by atoms with Gasteiger partial charge in [0, 0.05) is 29.4 Å². The summed E-state index contributed by atoms with van der Waals surface area (Å²) in [5.74, 6) is 1.39. The number of nitrogen functional groups attached to an aromatic ring is 1. The van der Waals surface area contributed by atoms with Gasteiger partial charge in [-0.2, -0.15) is 0 Å². The molecule has 0 saturated carbocycles. The van der Waals surface area contributed by atoms with Crippen LogP contribution in [0.25, 0.3) is 0 Å². The monoisotopic (exact) mass is 323 g/mol. The fourth-order valence-corrected chi connectivity index (χ4v) is 3.58. The van der Waals surface area contributed by atoms with Gasteiger partial charge < -0.3 is 21.1 Å². The van der Waals surface area contributed by atoms with E-state index in [4.69, 9.17) is 10.5 Å². The predicted octanol–water partition coefficient (Wildman–Crippen LogP) is 2.68. The molecule has 1 amide bonds. The van der Waals surface area contributed by atoms with Crippen LogP contribution < -0.4 is 21.1 Å². The maximum atomic E-state index is 12.4. The van der Waals surface area contributed by atoms with Gasteiger partial charge in [0.2, 0.25) is 0 Å². The second kappa shape index (κ2) is 6.17. The van der Waals surface area contributed by atoms with E-state index in [1.165, 1.54) is 6.42 Å². The molecule has 2 aromatic rings. The first kappa shape index (κ1) is 15.0. The number of anilines is 1. The number of rotatable bonds is 4. The number of hydrogen-bond donors (Lipinski definition) is 3. The molecule has 2 aromatic carbocycles. The molecule has 4 rings (SSSR count). The number of carbonyl (C=O) groups is 1. The zero-order chi connectivity index (χ0) is 16.5. The van der Waals surface area contributed by atoms with E-state index < -0.39 is 0 Å². The molecule has 2 bridgehead atoms. The minimum atomic E-state index is -0.0200. The van der Waals surface area contributed by atoms with Crippen molar-refractivity contribution in [2.45, 2.75) is 37.4 Å². The SMILES string of the molecule is Nc1ccc(Oc2ccc(C(=O)N[C@@H]3C[C@H]4CC[C@@H]3N4)cc2)cc1. The normalized spacial score (nSPS) is 24.8. The van der Waals surface area contributed by atoms with Gasteiger partial charge in [-0.15, -0.1) is 0 Å². The van der Waals surface area contributed by atoms with Crippen molar-refractivity contribution in [3.63, 3.8) is 0 Å². The van der Waals surface area contributed by atoms with Gasteiger partial charge in [-0.25, -0.2) is 0 Å². The average molecular weight is 323 g/mol. The van der Waals surface area contributed by atoms with Crippen LogP contribution in [0.5, 0.6) is 11.5 Å². The number of carbonyl (C=O) groups excluding carboxylic acids is 1. The first-order valence-electron chi connectivity index (χ1n) is 8.38. The summed E-state index contributed by atoms with van der Waals surface area (Å²) < 4.78 is 5.74. The molecule has 0 unspecified atom stereocenters. The van der Waals surface area contributed by atoms with E-state index in [-0.39, 0.29) is 11.9 Å². The van der Waals surface area contributed by atoms with Crippen molar-refractivity contribution in [1.29, 1.82) is 0 Å². The van der Waals surface area contributed by atoms with Gasteiger partial charge in [-0.3, -0.25) is 4.79 Å². The number of hydrogen-bond acceptors (Lipinski definition) is 4. The standard InChI is InChI=1S/C19H21N3O2/c20-13-3-8-16(9-4-13)24-15-6-1-12(2-7-15)19(23)22-18-11-14-5-10-17(18)21-14/h1-4,6-9,14,17-18,21H,5,10-11,20H2,(H,22,23)/t14-,17+,18-/m1/s1. The van der Waals surface area contributed by atoms with Gasteiger partial charge in [-0.1, -0.05) is 0 Å². The predicted molar refractivity (Wildman–Crippen MR) is 93.2 cm³/mol. The highest BCUT2D eigenvalue weighted by molar-refractivity contribution is 5.94. The third-order valence-electron chi connectivity index (χ3n) is 4.85. The van der Waals surface area contributed by atoms with Gasteiger partial charge in [0.25, 0.3) is 5.91 Å². The van der Waals surface area contributed by atoms with E-state index in [0.29, 0.717) is 29.1 Å². The highest BCUT2D eigenvalue weighted by Crippen LogP contribution is 2.28. The number of fused-ring (bicyclic) bond motifs is 2. The summed E-state index contributed by atoms with van der Waals surface area (Å²) in [6, 6.07) is 15.7. The Hall–Kier alpha value is -2.53. The number of ether oxygens (including phenoxy) is 1. The van der Waals surface area contributed by atoms with E-state index in [0.717, 1.165) is 18.6 Å². The first-order chi connectivity index (χ1) is 11.7. The molecule has 3 atom stereocenters. The molecule has 2 aliphatic heterocycles. The summed E-state index contributed by atoms with van der Waals surface area (Å²) >= 11 is 0. The Morgan fingerprint density at radius 1 is 1.04 bits per heavy atom. The second-order valence-corrected chi connectivity index (χ2v) is 6.56. The minimum absolute atomic E-state index is 0.0200. The summed E-state index contributed by atoms with van der Waals surface area (Å²) in [6.45, 7) is 0. The minimum Gasteiger partial charge on any atom is -0.457 e. The van der Waals surface area contributed by atoms with Crippen molar-refractivity contribution in [2.24, 2.45) is 0 Å². The summed E-state index contributed by atoms with van der Waals surface area (Å²) in [7, 11) is 0. The Morgan fingerprint density at radius 3 is 2.29 bits per heavy atom. The van der Waals surface area contributed by atoms with Crippen molar-refractivity contribution < 1.29 is 9.53 Å². The van der Waals surface area contributed by atoms with Crippen LogP contribution in [0.15, 0.2) is 48.5 Å². The zero-order valence-corrected chi connectivity index (χ0v) is 13.4. The van der Waals surface area contributed by atoms with Crippen molar-refractivity contribution in [3.05, 3.63) is 54.1 Å². The van der Waals surface area contributed by atoms with Gasteiger partial charge in [0.15, 0.2) is 0 Å². The molecule has 5 nitrogen and oxygen atoms in total. The Morgan fingerprint density at radius 2 is 1.71 bits per heavy atom. The molecule has 2 heterocycles. The molecule has 124 valence electrons. The highest BCUT2D eigenvalue weighted by Gasteiger charge is 2.39. The third-order valence-corrected chi connectivity index (χ3v) is 4.85. The van der Waals surface area contributed by atoms with Crippen LogP contribution in [0, 0.1) is 0 Å². The van der Waals surface area contributed by atoms with Crippen LogP contribution in [-0.4, -0.2) is 24.0 Å². The highest BCUT2D eigenvalue weighted by atomic mass is 16.5. The molecule has 0 aromatic heterocycles. The fourth-order valence-electron chi connectivity index (χ4n) is 3.58. The zero-order valence-electron chi connectivity index (χ0n) is 13.4. The van der Waals surface area contributed by atoms with Crippen LogP contribution in [-0.2, 0) is 0 Å². The Bertz CT molecular complexity index is 727.